The number of aliphatic hydroxyl groups excluding tert-OH is 1. The Balaban J connectivity index is 2.30. The fourth-order valence-electron chi connectivity index (χ4n) is 1.30. The average Bonchev–Trinajstić information content (AvgIpc) is 2.29. The van der Waals surface area contributed by atoms with Crippen LogP contribution in [0.15, 0.2) is 35.2 Å². The third kappa shape index (κ3) is 5.10. The largest absolute Gasteiger partial charge is 0.391 e. The molecular formula is C14H21NO2S. The Morgan fingerprint density at radius 2 is 2.00 bits per heavy atom. The third-order valence-corrected chi connectivity index (χ3v) is 3.86. The Labute approximate surface area is 113 Å². The maximum atomic E-state index is 11.7. The summed E-state index contributed by atoms with van der Waals surface area (Å²) < 4.78 is 0. The van der Waals surface area contributed by atoms with E-state index in [4.69, 9.17) is 0 Å². The first-order chi connectivity index (χ1) is 8.42. The van der Waals surface area contributed by atoms with Crippen LogP contribution in [0.2, 0.25) is 0 Å². The van der Waals surface area contributed by atoms with Crippen LogP contribution in [-0.4, -0.2) is 28.4 Å². The normalized spacial score (nSPS) is 13.1. The van der Waals surface area contributed by atoms with Crippen LogP contribution < -0.4 is 5.32 Å². The minimum Gasteiger partial charge on any atom is -0.391 e. The number of hydrogen-bond donors (Lipinski definition) is 2. The van der Waals surface area contributed by atoms with E-state index in [1.807, 2.05) is 44.2 Å². The summed E-state index contributed by atoms with van der Waals surface area (Å²) in [6, 6.07) is 10.0. The molecule has 1 aromatic rings. The number of aliphatic hydroxyl groups is 1. The van der Waals surface area contributed by atoms with Gasteiger partial charge in [0.05, 0.1) is 11.6 Å². The molecule has 0 spiro atoms. The van der Waals surface area contributed by atoms with Crippen molar-refractivity contribution in [2.24, 2.45) is 0 Å². The second kappa shape index (κ2) is 6.81. The summed E-state index contributed by atoms with van der Waals surface area (Å²) >= 11 is 1.66. The number of carbonyl (C=O) groups excluding carboxylic acids is 1. The smallest absolute Gasteiger partial charge is 0.221 e. The molecule has 4 heteroatoms. The van der Waals surface area contributed by atoms with Crippen LogP contribution in [0.4, 0.5) is 0 Å². The molecule has 0 bridgehead atoms. The van der Waals surface area contributed by atoms with E-state index in [1.165, 1.54) is 4.90 Å². The lowest BCUT2D eigenvalue weighted by Crippen LogP contribution is -2.51. The Hall–Kier alpha value is -1.00. The molecule has 3 nitrogen and oxygen atoms in total. The van der Waals surface area contributed by atoms with E-state index in [2.05, 4.69) is 5.32 Å². The number of amides is 1. The van der Waals surface area contributed by atoms with Crippen LogP contribution in [0.1, 0.15) is 27.2 Å². The van der Waals surface area contributed by atoms with Gasteiger partial charge in [0.1, 0.15) is 0 Å². The number of carbonyl (C=O) groups is 1. The van der Waals surface area contributed by atoms with Crippen molar-refractivity contribution in [3.63, 3.8) is 0 Å². The van der Waals surface area contributed by atoms with Gasteiger partial charge in [0.2, 0.25) is 5.91 Å². The highest BCUT2D eigenvalue weighted by Gasteiger charge is 2.25. The summed E-state index contributed by atoms with van der Waals surface area (Å²) in [6.07, 6.45) is -0.112. The quantitative estimate of drug-likeness (QED) is 0.778. The molecule has 18 heavy (non-hydrogen) atoms. The standard InChI is InChI=1S/C14H21NO2S/c1-11(16)14(2,3)15-13(17)9-10-18-12-7-5-4-6-8-12/h4-8,11,16H,9-10H2,1-3H3,(H,15,17). The van der Waals surface area contributed by atoms with Gasteiger partial charge in [0, 0.05) is 17.1 Å². The Kier molecular flexibility index (Phi) is 5.69. The summed E-state index contributed by atoms with van der Waals surface area (Å²) in [6.45, 7) is 5.32. The van der Waals surface area contributed by atoms with Gasteiger partial charge in [-0.15, -0.1) is 11.8 Å². The summed E-state index contributed by atoms with van der Waals surface area (Å²) in [5.41, 5.74) is -0.575. The lowest BCUT2D eigenvalue weighted by atomic mass is 9.99. The van der Waals surface area contributed by atoms with Crippen LogP contribution in [0.3, 0.4) is 0 Å². The third-order valence-electron chi connectivity index (χ3n) is 2.85. The molecule has 1 rings (SSSR count). The molecule has 1 aromatic carbocycles. The lowest BCUT2D eigenvalue weighted by Gasteiger charge is -2.29. The minimum atomic E-state index is -0.575. The van der Waals surface area contributed by atoms with Crippen LogP contribution in [0.25, 0.3) is 0 Å². The monoisotopic (exact) mass is 267 g/mol. The Morgan fingerprint density at radius 3 is 2.56 bits per heavy atom. The Morgan fingerprint density at radius 1 is 1.39 bits per heavy atom. The SMILES string of the molecule is CC(O)C(C)(C)NC(=O)CCSc1ccccc1. The zero-order valence-electron chi connectivity index (χ0n) is 11.1. The number of hydrogen-bond acceptors (Lipinski definition) is 3. The number of thioether (sulfide) groups is 1. The van der Waals surface area contributed by atoms with Gasteiger partial charge in [0.15, 0.2) is 0 Å². The van der Waals surface area contributed by atoms with Crippen LogP contribution >= 0.6 is 11.8 Å². The Bertz CT molecular complexity index is 377. The molecule has 1 unspecified atom stereocenters. The molecule has 1 amide bonds. The minimum absolute atomic E-state index is 0.0238. The van der Waals surface area contributed by atoms with Crippen molar-refractivity contribution in [1.82, 2.24) is 5.32 Å². The van der Waals surface area contributed by atoms with Gasteiger partial charge in [-0.25, -0.2) is 0 Å². The van der Waals surface area contributed by atoms with E-state index < -0.39 is 11.6 Å². The first-order valence-corrected chi connectivity index (χ1v) is 7.07. The molecule has 0 aliphatic carbocycles. The van der Waals surface area contributed by atoms with Crippen LogP contribution in [0, 0.1) is 0 Å². The lowest BCUT2D eigenvalue weighted by molar-refractivity contribution is -0.123. The molecule has 0 aromatic heterocycles. The van der Waals surface area contributed by atoms with Gasteiger partial charge in [-0.05, 0) is 32.9 Å². The van der Waals surface area contributed by atoms with Crippen molar-refractivity contribution >= 4 is 17.7 Å². The second-order valence-corrected chi connectivity index (χ2v) is 6.03. The zero-order chi connectivity index (χ0) is 13.6. The van der Waals surface area contributed by atoms with Gasteiger partial charge in [-0.3, -0.25) is 4.79 Å². The fraction of sp³-hybridized carbons (Fsp3) is 0.500. The molecule has 0 saturated carbocycles. The molecule has 2 N–H and O–H groups in total. The van der Waals surface area contributed by atoms with Gasteiger partial charge in [0.25, 0.3) is 0 Å². The maximum absolute atomic E-state index is 11.7. The van der Waals surface area contributed by atoms with Crippen LogP contribution in [-0.2, 0) is 4.79 Å². The number of rotatable bonds is 6. The molecular weight excluding hydrogens is 246 g/mol. The van der Waals surface area contributed by atoms with E-state index in [1.54, 1.807) is 18.7 Å². The molecule has 1 atom stereocenters. The van der Waals surface area contributed by atoms with Crippen molar-refractivity contribution in [3.8, 4) is 0 Å². The van der Waals surface area contributed by atoms with Gasteiger partial charge in [-0.2, -0.15) is 0 Å². The maximum Gasteiger partial charge on any atom is 0.221 e. The predicted molar refractivity (Wildman–Crippen MR) is 75.7 cm³/mol. The van der Waals surface area contributed by atoms with Gasteiger partial charge >= 0.3 is 0 Å². The molecule has 0 radical (unpaired) electrons. The van der Waals surface area contributed by atoms with Gasteiger partial charge < -0.3 is 10.4 Å². The van der Waals surface area contributed by atoms with Crippen molar-refractivity contribution in [2.45, 2.75) is 43.7 Å². The van der Waals surface area contributed by atoms with E-state index in [9.17, 15) is 9.90 Å². The zero-order valence-corrected chi connectivity index (χ0v) is 12.0. The molecule has 0 fully saturated rings. The van der Waals surface area contributed by atoms with E-state index >= 15 is 0 Å². The molecule has 0 aliphatic rings. The highest BCUT2D eigenvalue weighted by Crippen LogP contribution is 2.18. The first kappa shape index (κ1) is 15.1. The molecule has 100 valence electrons. The van der Waals surface area contributed by atoms with Gasteiger partial charge in [-0.1, -0.05) is 18.2 Å². The summed E-state index contributed by atoms with van der Waals surface area (Å²) in [7, 11) is 0. The summed E-state index contributed by atoms with van der Waals surface area (Å²) in [5.74, 6) is 0.718. The van der Waals surface area contributed by atoms with Crippen molar-refractivity contribution in [3.05, 3.63) is 30.3 Å². The molecule has 0 aliphatic heterocycles. The highest BCUT2D eigenvalue weighted by atomic mass is 32.2. The topological polar surface area (TPSA) is 49.3 Å². The van der Waals surface area contributed by atoms with E-state index in [-0.39, 0.29) is 5.91 Å². The molecule has 0 saturated heterocycles. The van der Waals surface area contributed by atoms with Crippen molar-refractivity contribution in [1.29, 1.82) is 0 Å². The summed E-state index contributed by atoms with van der Waals surface area (Å²) in [5, 5.41) is 12.4. The molecule has 0 heterocycles. The first-order valence-electron chi connectivity index (χ1n) is 6.09. The van der Waals surface area contributed by atoms with E-state index in [0.717, 1.165) is 5.75 Å². The van der Waals surface area contributed by atoms with E-state index in [0.29, 0.717) is 6.42 Å². The predicted octanol–water partition coefficient (Wildman–Crippen LogP) is 2.44. The number of benzene rings is 1. The fourth-order valence-corrected chi connectivity index (χ4v) is 2.18. The highest BCUT2D eigenvalue weighted by molar-refractivity contribution is 7.99. The summed E-state index contributed by atoms with van der Waals surface area (Å²) in [4.78, 5) is 12.9. The average molecular weight is 267 g/mol. The van der Waals surface area contributed by atoms with Crippen molar-refractivity contribution in [2.75, 3.05) is 5.75 Å². The number of nitrogens with one attached hydrogen (secondary N) is 1. The second-order valence-electron chi connectivity index (χ2n) is 4.86. The van der Waals surface area contributed by atoms with Crippen molar-refractivity contribution < 1.29 is 9.90 Å². The van der Waals surface area contributed by atoms with Crippen LogP contribution in [0.5, 0.6) is 0 Å².